The second-order valence-electron chi connectivity index (χ2n) is 5.91. The summed E-state index contributed by atoms with van der Waals surface area (Å²) in [5.41, 5.74) is 1.72. The van der Waals surface area contributed by atoms with E-state index in [1.54, 1.807) is 0 Å². The number of benzene rings is 2. The Morgan fingerprint density at radius 1 is 1.04 bits per heavy atom. The molecule has 1 fully saturated rings. The summed E-state index contributed by atoms with van der Waals surface area (Å²) < 4.78 is 5.51. The molecule has 3 heteroatoms. The first-order chi connectivity index (χ1) is 11.3. The van der Waals surface area contributed by atoms with Gasteiger partial charge in [-0.3, -0.25) is 9.59 Å². The Hall–Kier alpha value is -2.26. The molecule has 1 saturated heterocycles. The van der Waals surface area contributed by atoms with Crippen LogP contribution in [0, 0.1) is 5.92 Å². The van der Waals surface area contributed by atoms with Crippen molar-refractivity contribution in [2.45, 2.75) is 18.8 Å². The summed E-state index contributed by atoms with van der Waals surface area (Å²) in [7, 11) is 0. The van der Waals surface area contributed by atoms with Crippen molar-refractivity contribution < 1.29 is 14.3 Å². The van der Waals surface area contributed by atoms with Crippen LogP contribution in [-0.4, -0.2) is 24.8 Å². The van der Waals surface area contributed by atoms with E-state index in [0.717, 1.165) is 5.56 Å². The van der Waals surface area contributed by atoms with Gasteiger partial charge in [0.05, 0.1) is 13.2 Å². The molecule has 0 aromatic heterocycles. The molecule has 0 bridgehead atoms. The summed E-state index contributed by atoms with van der Waals surface area (Å²) >= 11 is 0. The number of Topliss-reactive ketones (excluding diaryl/α,β-unsaturated/α-hetero) is 2. The molecule has 0 aliphatic carbocycles. The maximum atomic E-state index is 12.6. The lowest BCUT2D eigenvalue weighted by molar-refractivity contribution is -0.131. The SMILES string of the molecule is O=C(C[C@@H](c1ccccc1)[C@@H]1COCCC1=O)c1ccccc1. The first-order valence-electron chi connectivity index (χ1n) is 7.99. The Labute approximate surface area is 136 Å². The van der Waals surface area contributed by atoms with Crippen LogP contribution in [-0.2, 0) is 9.53 Å². The summed E-state index contributed by atoms with van der Waals surface area (Å²) in [6.07, 6.45) is 0.765. The van der Waals surface area contributed by atoms with Crippen molar-refractivity contribution in [3.05, 3.63) is 71.8 Å². The summed E-state index contributed by atoms with van der Waals surface area (Å²) in [6.45, 7) is 0.893. The molecule has 0 unspecified atom stereocenters. The number of ketones is 2. The largest absolute Gasteiger partial charge is 0.380 e. The van der Waals surface area contributed by atoms with Crippen LogP contribution >= 0.6 is 0 Å². The predicted molar refractivity (Wildman–Crippen MR) is 88.5 cm³/mol. The van der Waals surface area contributed by atoms with Crippen molar-refractivity contribution in [3.8, 4) is 0 Å². The standard InChI is InChI=1S/C20H20O3/c21-19-11-12-23-14-18(19)17(15-7-3-1-4-8-15)13-20(22)16-9-5-2-6-10-16/h1-10,17-18H,11-14H2/t17-,18-/m0/s1. The van der Waals surface area contributed by atoms with Gasteiger partial charge in [0.15, 0.2) is 5.78 Å². The average Bonchev–Trinajstić information content (AvgIpc) is 2.62. The Kier molecular flexibility index (Phi) is 4.99. The predicted octanol–water partition coefficient (Wildman–Crippen LogP) is 3.65. The minimum absolute atomic E-state index is 0.0674. The highest BCUT2D eigenvalue weighted by Gasteiger charge is 2.33. The maximum Gasteiger partial charge on any atom is 0.163 e. The van der Waals surface area contributed by atoms with Crippen LogP contribution < -0.4 is 0 Å². The lowest BCUT2D eigenvalue weighted by Gasteiger charge is -2.29. The van der Waals surface area contributed by atoms with Gasteiger partial charge in [0.1, 0.15) is 5.78 Å². The van der Waals surface area contributed by atoms with Gasteiger partial charge in [0.2, 0.25) is 0 Å². The molecule has 2 aromatic rings. The summed E-state index contributed by atoms with van der Waals surface area (Å²) in [5.74, 6) is -0.0979. The first-order valence-corrected chi connectivity index (χ1v) is 7.99. The monoisotopic (exact) mass is 308 g/mol. The van der Waals surface area contributed by atoms with E-state index in [0.29, 0.717) is 31.6 Å². The quantitative estimate of drug-likeness (QED) is 0.792. The third kappa shape index (κ3) is 3.74. The smallest absolute Gasteiger partial charge is 0.163 e. The molecule has 0 amide bonds. The minimum Gasteiger partial charge on any atom is -0.380 e. The molecule has 0 saturated carbocycles. The van der Waals surface area contributed by atoms with Crippen molar-refractivity contribution in [3.63, 3.8) is 0 Å². The Morgan fingerprint density at radius 3 is 2.35 bits per heavy atom. The van der Waals surface area contributed by atoms with Crippen LogP contribution in [0.3, 0.4) is 0 Å². The van der Waals surface area contributed by atoms with Gasteiger partial charge in [-0.15, -0.1) is 0 Å². The third-order valence-corrected chi connectivity index (χ3v) is 4.42. The fraction of sp³-hybridized carbons (Fsp3) is 0.300. The lowest BCUT2D eigenvalue weighted by Crippen LogP contribution is -2.33. The van der Waals surface area contributed by atoms with E-state index in [1.807, 2.05) is 60.7 Å². The Balaban J connectivity index is 1.86. The van der Waals surface area contributed by atoms with Crippen molar-refractivity contribution in [2.75, 3.05) is 13.2 Å². The van der Waals surface area contributed by atoms with Crippen molar-refractivity contribution >= 4 is 11.6 Å². The topological polar surface area (TPSA) is 43.4 Å². The number of carbonyl (C=O) groups excluding carboxylic acids is 2. The van der Waals surface area contributed by atoms with E-state index in [1.165, 1.54) is 0 Å². The van der Waals surface area contributed by atoms with E-state index in [9.17, 15) is 9.59 Å². The molecule has 118 valence electrons. The fourth-order valence-corrected chi connectivity index (χ4v) is 3.14. The van der Waals surface area contributed by atoms with Crippen LogP contribution in [0.4, 0.5) is 0 Å². The summed E-state index contributed by atoms with van der Waals surface area (Å²) in [4.78, 5) is 25.0. The molecule has 0 radical (unpaired) electrons. The lowest BCUT2D eigenvalue weighted by atomic mass is 9.78. The van der Waals surface area contributed by atoms with Gasteiger partial charge in [0, 0.05) is 30.2 Å². The highest BCUT2D eigenvalue weighted by atomic mass is 16.5. The highest BCUT2D eigenvalue weighted by molar-refractivity contribution is 5.97. The molecule has 2 aromatic carbocycles. The van der Waals surface area contributed by atoms with Crippen LogP contribution in [0.5, 0.6) is 0 Å². The second-order valence-corrected chi connectivity index (χ2v) is 5.91. The van der Waals surface area contributed by atoms with Gasteiger partial charge in [-0.25, -0.2) is 0 Å². The molecule has 23 heavy (non-hydrogen) atoms. The van der Waals surface area contributed by atoms with Gasteiger partial charge in [-0.1, -0.05) is 60.7 Å². The number of carbonyl (C=O) groups is 2. The van der Waals surface area contributed by atoms with Crippen LogP contribution in [0.1, 0.15) is 34.7 Å². The first kappa shape index (κ1) is 15.6. The van der Waals surface area contributed by atoms with Gasteiger partial charge in [-0.2, -0.15) is 0 Å². The molecule has 3 rings (SSSR count). The third-order valence-electron chi connectivity index (χ3n) is 4.42. The molecule has 1 heterocycles. The van der Waals surface area contributed by atoms with Crippen LogP contribution in [0.15, 0.2) is 60.7 Å². The molecule has 0 N–H and O–H groups in total. The van der Waals surface area contributed by atoms with E-state index in [4.69, 9.17) is 4.74 Å². The van der Waals surface area contributed by atoms with Crippen molar-refractivity contribution in [1.82, 2.24) is 0 Å². The number of ether oxygens (including phenoxy) is 1. The van der Waals surface area contributed by atoms with E-state index in [-0.39, 0.29) is 23.4 Å². The molecule has 1 aliphatic heterocycles. The second kappa shape index (κ2) is 7.34. The van der Waals surface area contributed by atoms with E-state index < -0.39 is 0 Å². The van der Waals surface area contributed by atoms with Crippen molar-refractivity contribution in [1.29, 1.82) is 0 Å². The number of rotatable bonds is 5. The summed E-state index contributed by atoms with van der Waals surface area (Å²) in [6, 6.07) is 19.1. The molecule has 2 atom stereocenters. The maximum absolute atomic E-state index is 12.6. The molecular weight excluding hydrogens is 288 g/mol. The van der Waals surface area contributed by atoms with Crippen LogP contribution in [0.25, 0.3) is 0 Å². The summed E-state index contributed by atoms with van der Waals surface area (Å²) in [5, 5.41) is 0. The molecule has 1 aliphatic rings. The minimum atomic E-state index is -0.237. The molecule has 3 nitrogen and oxygen atoms in total. The highest BCUT2D eigenvalue weighted by Crippen LogP contribution is 2.33. The van der Waals surface area contributed by atoms with Gasteiger partial charge in [0.25, 0.3) is 0 Å². The van der Waals surface area contributed by atoms with E-state index in [2.05, 4.69) is 0 Å². The fourth-order valence-electron chi connectivity index (χ4n) is 3.14. The number of hydrogen-bond donors (Lipinski definition) is 0. The Bertz CT molecular complexity index is 664. The molecular formula is C20H20O3. The van der Waals surface area contributed by atoms with Crippen LogP contribution in [0.2, 0.25) is 0 Å². The zero-order chi connectivity index (χ0) is 16.1. The van der Waals surface area contributed by atoms with Gasteiger partial charge in [-0.05, 0) is 5.56 Å². The molecule has 0 spiro atoms. The number of hydrogen-bond acceptors (Lipinski definition) is 3. The zero-order valence-corrected chi connectivity index (χ0v) is 13.0. The van der Waals surface area contributed by atoms with Gasteiger partial charge < -0.3 is 4.74 Å². The van der Waals surface area contributed by atoms with Gasteiger partial charge >= 0.3 is 0 Å². The normalized spacial score (nSPS) is 19.3. The van der Waals surface area contributed by atoms with E-state index >= 15 is 0 Å². The van der Waals surface area contributed by atoms with Crippen molar-refractivity contribution in [2.24, 2.45) is 5.92 Å². The zero-order valence-electron chi connectivity index (χ0n) is 13.0. The average molecular weight is 308 g/mol. The Morgan fingerprint density at radius 2 is 1.70 bits per heavy atom.